The molecule has 0 saturated heterocycles. The van der Waals surface area contributed by atoms with Gasteiger partial charge in [0.1, 0.15) is 0 Å². The van der Waals surface area contributed by atoms with Crippen molar-refractivity contribution < 1.29 is 9.53 Å². The topological polar surface area (TPSA) is 78.2 Å². The van der Waals surface area contributed by atoms with Gasteiger partial charge in [-0.15, -0.1) is 0 Å². The Morgan fingerprint density at radius 1 is 1.06 bits per heavy atom. The minimum atomic E-state index is -1.61. The summed E-state index contributed by atoms with van der Waals surface area (Å²) >= 11 is 3.49. The first-order valence-electron chi connectivity index (χ1n) is 11.0. The molecule has 1 aliphatic heterocycles. The Bertz CT molecular complexity index is 1320. The standard InChI is InChI=1S/C25H27N4O2PSe/c1-31-25(30)23(12-18-13-26-20-9-3-2-8-19(18)20)29-16-32(33)14-27-21-10-4-6-17-7-5-11-22(24(17)21)28-15-32/h2-11,13,23,26-29H,12,14-16H2,1H3/t23-/m0/s1. The minimum absolute atomic E-state index is 0.241. The summed E-state index contributed by atoms with van der Waals surface area (Å²) in [5, 5.41) is 14.5. The van der Waals surface area contributed by atoms with Gasteiger partial charge in [-0.2, -0.15) is 0 Å². The van der Waals surface area contributed by atoms with Crippen LogP contribution in [-0.2, 0) is 16.0 Å². The van der Waals surface area contributed by atoms with E-state index in [9.17, 15) is 4.79 Å². The average Bonchev–Trinajstić information content (AvgIpc) is 3.25. The molecule has 4 aromatic rings. The van der Waals surface area contributed by atoms with Crippen LogP contribution >= 0.6 is 5.51 Å². The monoisotopic (exact) mass is 526 g/mol. The van der Waals surface area contributed by atoms with Gasteiger partial charge in [-0.3, -0.25) is 0 Å². The van der Waals surface area contributed by atoms with E-state index in [2.05, 4.69) is 78.5 Å². The molecule has 0 fully saturated rings. The van der Waals surface area contributed by atoms with E-state index in [4.69, 9.17) is 4.74 Å². The zero-order valence-corrected chi connectivity index (χ0v) is 21.0. The second-order valence-electron chi connectivity index (χ2n) is 8.44. The fourth-order valence-electron chi connectivity index (χ4n) is 4.44. The van der Waals surface area contributed by atoms with Crippen LogP contribution in [0.2, 0.25) is 0 Å². The number of fused-ring (bicyclic) bond motifs is 1. The first-order valence-corrected chi connectivity index (χ1v) is 15.6. The number of aromatic amines is 1. The number of rotatable bonds is 6. The third-order valence-electron chi connectivity index (χ3n) is 6.23. The van der Waals surface area contributed by atoms with E-state index >= 15 is 0 Å². The molecule has 4 N–H and O–H groups in total. The third kappa shape index (κ3) is 4.60. The fraction of sp³-hybridized carbons (Fsp3) is 0.240. The summed E-state index contributed by atoms with van der Waals surface area (Å²) in [4.78, 5) is 15.9. The molecule has 5 rings (SSSR count). The molecule has 0 amide bonds. The summed E-state index contributed by atoms with van der Waals surface area (Å²) in [6.45, 7) is 0. The predicted molar refractivity (Wildman–Crippen MR) is 139 cm³/mol. The Kier molecular flexibility index (Phi) is 6.31. The summed E-state index contributed by atoms with van der Waals surface area (Å²) in [5.74, 6) is -0.241. The molecule has 3 aromatic carbocycles. The molecule has 1 aromatic heterocycles. The zero-order valence-electron chi connectivity index (χ0n) is 18.4. The second-order valence-corrected chi connectivity index (χ2v) is 16.4. The number of benzene rings is 3. The zero-order chi connectivity index (χ0) is 22.8. The first kappa shape index (κ1) is 22.2. The number of carbonyl (C=O) groups is 1. The number of nitrogens with one attached hydrogen (secondary N) is 4. The Balaban J connectivity index is 1.34. The number of methoxy groups -OCH3 is 1. The van der Waals surface area contributed by atoms with Gasteiger partial charge in [0.05, 0.1) is 0 Å². The van der Waals surface area contributed by atoms with Crippen LogP contribution < -0.4 is 16.0 Å². The Morgan fingerprint density at radius 2 is 1.76 bits per heavy atom. The van der Waals surface area contributed by atoms with Crippen LogP contribution in [0.25, 0.3) is 21.7 Å². The SMILES string of the molecule is COC(=O)[C@H](Cc1c[nH]c2ccccc12)NCP1(=[Se])CNc2cccc3cccc(c23)NC1. The van der Waals surface area contributed by atoms with Crippen molar-refractivity contribution in [3.05, 3.63) is 72.4 Å². The number of anilines is 2. The molecule has 2 heterocycles. The van der Waals surface area contributed by atoms with E-state index in [1.54, 1.807) is 0 Å². The molecular weight excluding hydrogens is 498 g/mol. The van der Waals surface area contributed by atoms with Crippen LogP contribution in [0.1, 0.15) is 5.56 Å². The van der Waals surface area contributed by atoms with E-state index in [0.29, 0.717) is 12.7 Å². The molecule has 0 spiro atoms. The number of esters is 1. The maximum absolute atomic E-state index is 12.6. The number of hydrogen-bond donors (Lipinski definition) is 4. The Morgan fingerprint density at radius 3 is 2.45 bits per heavy atom. The van der Waals surface area contributed by atoms with Gasteiger partial charge in [0.25, 0.3) is 0 Å². The number of ether oxygens (including phenoxy) is 1. The third-order valence-corrected chi connectivity index (χ3v) is 10.9. The molecule has 0 unspecified atom stereocenters. The Hall–Kier alpha value is -2.56. The second kappa shape index (κ2) is 9.36. The van der Waals surface area contributed by atoms with E-state index in [1.165, 1.54) is 17.9 Å². The van der Waals surface area contributed by atoms with Crippen molar-refractivity contribution in [1.82, 2.24) is 10.3 Å². The number of hydrogen-bond acceptors (Lipinski definition) is 5. The molecule has 0 radical (unpaired) electrons. The van der Waals surface area contributed by atoms with Crippen LogP contribution in [0.4, 0.5) is 11.4 Å². The van der Waals surface area contributed by atoms with Crippen molar-refractivity contribution in [2.75, 3.05) is 36.6 Å². The number of para-hydroxylation sites is 1. The molecule has 0 aliphatic carbocycles. The molecule has 0 bridgehead atoms. The van der Waals surface area contributed by atoms with Crippen LogP contribution in [0, 0.1) is 0 Å². The molecule has 1 aliphatic rings. The van der Waals surface area contributed by atoms with Gasteiger partial charge < -0.3 is 0 Å². The predicted octanol–water partition coefficient (Wildman–Crippen LogP) is 4.51. The molecular formula is C25H27N4O2PSe. The summed E-state index contributed by atoms with van der Waals surface area (Å²) in [6.07, 6.45) is 4.94. The quantitative estimate of drug-likeness (QED) is 0.169. The fourth-order valence-corrected chi connectivity index (χ4v) is 7.53. The van der Waals surface area contributed by atoms with Gasteiger partial charge in [0, 0.05) is 0 Å². The van der Waals surface area contributed by atoms with Crippen LogP contribution in [0.15, 0.2) is 66.9 Å². The van der Waals surface area contributed by atoms with Crippen molar-refractivity contribution in [2.24, 2.45) is 0 Å². The van der Waals surface area contributed by atoms with E-state index in [0.717, 1.165) is 40.4 Å². The van der Waals surface area contributed by atoms with Crippen LogP contribution in [-0.4, -0.2) is 58.1 Å². The molecule has 8 heteroatoms. The van der Waals surface area contributed by atoms with Crippen molar-refractivity contribution in [3.8, 4) is 0 Å². The molecule has 0 saturated carbocycles. The van der Waals surface area contributed by atoms with E-state index in [1.807, 2.05) is 24.4 Å². The summed E-state index contributed by atoms with van der Waals surface area (Å²) in [6, 6.07) is 20.4. The normalized spacial score (nSPS) is 15.8. The van der Waals surface area contributed by atoms with Crippen molar-refractivity contribution in [3.63, 3.8) is 0 Å². The van der Waals surface area contributed by atoms with Gasteiger partial charge in [-0.1, -0.05) is 0 Å². The summed E-state index contributed by atoms with van der Waals surface area (Å²) in [7, 11) is 1.45. The molecule has 6 nitrogen and oxygen atoms in total. The average molecular weight is 525 g/mol. The van der Waals surface area contributed by atoms with Crippen LogP contribution in [0.3, 0.4) is 0 Å². The molecule has 170 valence electrons. The Labute approximate surface area is 200 Å². The van der Waals surface area contributed by atoms with Gasteiger partial charge in [0.15, 0.2) is 0 Å². The number of H-pyrrole nitrogens is 1. The van der Waals surface area contributed by atoms with Crippen molar-refractivity contribution in [2.45, 2.75) is 12.5 Å². The van der Waals surface area contributed by atoms with Gasteiger partial charge in [-0.05, 0) is 0 Å². The molecule has 1 atom stereocenters. The summed E-state index contributed by atoms with van der Waals surface area (Å²) in [5.41, 5.74) is 2.84. The number of aromatic nitrogens is 1. The summed E-state index contributed by atoms with van der Waals surface area (Å²) < 4.78 is 5.13. The first-order chi connectivity index (χ1) is 16.1. The van der Waals surface area contributed by atoms with E-state index in [-0.39, 0.29) is 5.97 Å². The van der Waals surface area contributed by atoms with Gasteiger partial charge in [0.2, 0.25) is 0 Å². The van der Waals surface area contributed by atoms with Crippen molar-refractivity contribution in [1.29, 1.82) is 0 Å². The van der Waals surface area contributed by atoms with Gasteiger partial charge >= 0.3 is 201 Å². The van der Waals surface area contributed by atoms with Gasteiger partial charge in [-0.25, -0.2) is 0 Å². The number of carbonyl (C=O) groups excluding carboxylic acids is 1. The van der Waals surface area contributed by atoms with Crippen LogP contribution in [0.5, 0.6) is 0 Å². The molecule has 33 heavy (non-hydrogen) atoms. The van der Waals surface area contributed by atoms with Crippen molar-refractivity contribution >= 4 is 59.6 Å². The maximum atomic E-state index is 12.6. The van der Waals surface area contributed by atoms with E-state index < -0.39 is 11.6 Å².